The lowest BCUT2D eigenvalue weighted by Gasteiger charge is -2.36. The van der Waals surface area contributed by atoms with E-state index >= 15 is 0 Å². The number of hydrogen-bond donors (Lipinski definition) is 1. The molecule has 0 aliphatic carbocycles. The number of benzene rings is 2. The number of nitrogens with one attached hydrogen (secondary N) is 1. The molecule has 1 fully saturated rings. The third kappa shape index (κ3) is 3.41. The van der Waals surface area contributed by atoms with E-state index in [0.717, 1.165) is 38.3 Å². The zero-order valence-electron chi connectivity index (χ0n) is 13.9. The molecule has 0 saturated carbocycles. The molecule has 3 heteroatoms. The molecule has 1 aliphatic heterocycles. The molecule has 1 aliphatic rings. The molecule has 23 heavy (non-hydrogen) atoms. The van der Waals surface area contributed by atoms with Crippen molar-refractivity contribution in [1.82, 2.24) is 10.2 Å². The second-order valence-corrected chi connectivity index (χ2v) is 5.96. The first-order valence-corrected chi connectivity index (χ1v) is 8.55. The number of nitrogens with zero attached hydrogens (tertiary/aromatic N) is 1. The topological polar surface area (TPSA) is 24.5 Å². The van der Waals surface area contributed by atoms with Crippen LogP contribution in [0.1, 0.15) is 24.9 Å². The summed E-state index contributed by atoms with van der Waals surface area (Å²) in [6, 6.07) is 13.2. The molecule has 1 atom stereocenters. The van der Waals surface area contributed by atoms with Crippen molar-refractivity contribution in [3.63, 3.8) is 0 Å². The molecular formula is C20H26N2O. The van der Waals surface area contributed by atoms with Crippen molar-refractivity contribution >= 4 is 10.8 Å². The Balaban J connectivity index is 2.11. The monoisotopic (exact) mass is 310 g/mol. The van der Waals surface area contributed by atoms with Crippen LogP contribution in [-0.2, 0) is 0 Å². The van der Waals surface area contributed by atoms with Gasteiger partial charge in [0, 0.05) is 37.8 Å². The summed E-state index contributed by atoms with van der Waals surface area (Å²) in [5.74, 6) is 1.01. The summed E-state index contributed by atoms with van der Waals surface area (Å²) in [7, 11) is 0. The van der Waals surface area contributed by atoms with Gasteiger partial charge in [-0.3, -0.25) is 4.90 Å². The van der Waals surface area contributed by atoms with Gasteiger partial charge in [0.25, 0.3) is 0 Å². The van der Waals surface area contributed by atoms with Crippen LogP contribution in [0.3, 0.4) is 0 Å². The summed E-state index contributed by atoms with van der Waals surface area (Å²) >= 11 is 0. The molecule has 0 unspecified atom stereocenters. The molecule has 0 amide bonds. The van der Waals surface area contributed by atoms with Gasteiger partial charge in [-0.1, -0.05) is 36.4 Å². The molecule has 0 bridgehead atoms. The fourth-order valence-electron chi connectivity index (χ4n) is 3.50. The second kappa shape index (κ2) is 7.62. The summed E-state index contributed by atoms with van der Waals surface area (Å²) in [4.78, 5) is 2.56. The van der Waals surface area contributed by atoms with E-state index in [1.807, 2.05) is 13.0 Å². The highest BCUT2D eigenvalue weighted by Crippen LogP contribution is 2.38. The Morgan fingerprint density at radius 3 is 2.74 bits per heavy atom. The molecule has 1 heterocycles. The third-order valence-corrected chi connectivity index (χ3v) is 4.55. The summed E-state index contributed by atoms with van der Waals surface area (Å²) in [5.41, 5.74) is 1.31. The van der Waals surface area contributed by atoms with E-state index in [1.165, 1.54) is 16.3 Å². The zero-order chi connectivity index (χ0) is 16.1. The Kier molecular flexibility index (Phi) is 5.31. The van der Waals surface area contributed by atoms with E-state index in [1.54, 1.807) is 0 Å². The Hall–Kier alpha value is -1.84. The highest BCUT2D eigenvalue weighted by atomic mass is 16.5. The lowest BCUT2D eigenvalue weighted by atomic mass is 9.94. The number of rotatable bonds is 6. The predicted molar refractivity (Wildman–Crippen MR) is 97.1 cm³/mol. The van der Waals surface area contributed by atoms with Crippen molar-refractivity contribution in [2.24, 2.45) is 0 Å². The maximum absolute atomic E-state index is 5.99. The van der Waals surface area contributed by atoms with Crippen LogP contribution >= 0.6 is 0 Å². The quantitative estimate of drug-likeness (QED) is 0.822. The molecule has 0 radical (unpaired) electrons. The highest BCUT2D eigenvalue weighted by Gasteiger charge is 2.25. The Labute approximate surface area is 138 Å². The summed E-state index contributed by atoms with van der Waals surface area (Å²) in [6.07, 6.45) is 2.97. The molecule has 1 N–H and O–H groups in total. The number of piperazine rings is 1. The van der Waals surface area contributed by atoms with Crippen molar-refractivity contribution in [3.05, 3.63) is 54.6 Å². The Bertz CT molecular complexity index is 662. The van der Waals surface area contributed by atoms with Gasteiger partial charge in [0.05, 0.1) is 6.61 Å². The van der Waals surface area contributed by atoms with Crippen molar-refractivity contribution in [2.45, 2.75) is 19.4 Å². The van der Waals surface area contributed by atoms with Gasteiger partial charge in [0.2, 0.25) is 0 Å². The van der Waals surface area contributed by atoms with Gasteiger partial charge in [-0.2, -0.15) is 0 Å². The van der Waals surface area contributed by atoms with Gasteiger partial charge >= 0.3 is 0 Å². The maximum atomic E-state index is 5.99. The number of hydrogen-bond acceptors (Lipinski definition) is 3. The van der Waals surface area contributed by atoms with Crippen LogP contribution in [0.2, 0.25) is 0 Å². The highest BCUT2D eigenvalue weighted by molar-refractivity contribution is 5.88. The molecular weight excluding hydrogens is 284 g/mol. The van der Waals surface area contributed by atoms with Gasteiger partial charge in [-0.15, -0.1) is 6.58 Å². The molecule has 122 valence electrons. The van der Waals surface area contributed by atoms with Crippen LogP contribution < -0.4 is 10.1 Å². The molecule has 0 aromatic heterocycles. The molecule has 2 aromatic carbocycles. The van der Waals surface area contributed by atoms with E-state index in [-0.39, 0.29) is 0 Å². The standard InChI is InChI=1S/C20H26N2O/c1-3-7-18(22-14-12-21-13-15-22)20-17-9-6-5-8-16(17)10-11-19(20)23-4-2/h3,5-6,8-11,18,21H,1,4,7,12-15H2,2H3/t18-/m1/s1. The Morgan fingerprint density at radius 2 is 2.00 bits per heavy atom. The minimum absolute atomic E-state index is 0.322. The van der Waals surface area contributed by atoms with Gasteiger partial charge in [0.15, 0.2) is 0 Å². The minimum atomic E-state index is 0.322. The average Bonchev–Trinajstić information content (AvgIpc) is 2.61. The van der Waals surface area contributed by atoms with Crippen LogP contribution in [0.25, 0.3) is 10.8 Å². The van der Waals surface area contributed by atoms with E-state index < -0.39 is 0 Å². The van der Waals surface area contributed by atoms with Crippen LogP contribution in [0.5, 0.6) is 5.75 Å². The molecule has 0 spiro atoms. The second-order valence-electron chi connectivity index (χ2n) is 5.96. The third-order valence-electron chi connectivity index (χ3n) is 4.55. The summed E-state index contributed by atoms with van der Waals surface area (Å²) in [6.45, 7) is 10.9. The van der Waals surface area contributed by atoms with Crippen LogP contribution in [0.15, 0.2) is 49.1 Å². The summed E-state index contributed by atoms with van der Waals surface area (Å²) in [5, 5.41) is 6.01. The molecule has 3 rings (SSSR count). The maximum Gasteiger partial charge on any atom is 0.124 e. The van der Waals surface area contributed by atoms with E-state index in [0.29, 0.717) is 12.6 Å². The normalized spacial score (nSPS) is 17.1. The smallest absolute Gasteiger partial charge is 0.124 e. The van der Waals surface area contributed by atoms with Gasteiger partial charge < -0.3 is 10.1 Å². The first-order valence-electron chi connectivity index (χ1n) is 8.55. The zero-order valence-corrected chi connectivity index (χ0v) is 13.9. The summed E-state index contributed by atoms with van der Waals surface area (Å²) < 4.78 is 5.99. The number of ether oxygens (including phenoxy) is 1. The van der Waals surface area contributed by atoms with Gasteiger partial charge in [-0.25, -0.2) is 0 Å². The molecule has 3 nitrogen and oxygen atoms in total. The van der Waals surface area contributed by atoms with Crippen LogP contribution in [0.4, 0.5) is 0 Å². The first-order chi connectivity index (χ1) is 11.3. The van der Waals surface area contributed by atoms with Crippen molar-refractivity contribution < 1.29 is 4.74 Å². The molecule has 1 saturated heterocycles. The SMILES string of the molecule is C=CC[C@H](c1c(OCC)ccc2ccccc12)N1CCNCC1. The predicted octanol–water partition coefficient (Wildman–Crippen LogP) is 3.76. The lowest BCUT2D eigenvalue weighted by Crippen LogP contribution is -2.45. The van der Waals surface area contributed by atoms with Crippen LogP contribution in [0, 0.1) is 0 Å². The fourth-order valence-corrected chi connectivity index (χ4v) is 3.50. The number of fused-ring (bicyclic) bond motifs is 1. The molecule has 2 aromatic rings. The van der Waals surface area contributed by atoms with Gasteiger partial charge in [-0.05, 0) is 30.2 Å². The average molecular weight is 310 g/mol. The van der Waals surface area contributed by atoms with Crippen LogP contribution in [-0.4, -0.2) is 37.7 Å². The van der Waals surface area contributed by atoms with E-state index in [4.69, 9.17) is 4.74 Å². The largest absolute Gasteiger partial charge is 0.494 e. The van der Waals surface area contributed by atoms with E-state index in [2.05, 4.69) is 53.2 Å². The van der Waals surface area contributed by atoms with Crippen molar-refractivity contribution in [1.29, 1.82) is 0 Å². The van der Waals surface area contributed by atoms with Crippen molar-refractivity contribution in [2.75, 3.05) is 32.8 Å². The Morgan fingerprint density at radius 1 is 1.22 bits per heavy atom. The first kappa shape index (κ1) is 16.0. The fraction of sp³-hybridized carbons (Fsp3) is 0.400. The lowest BCUT2D eigenvalue weighted by molar-refractivity contribution is 0.171. The van der Waals surface area contributed by atoms with Crippen molar-refractivity contribution in [3.8, 4) is 5.75 Å². The van der Waals surface area contributed by atoms with Gasteiger partial charge in [0.1, 0.15) is 5.75 Å². The van der Waals surface area contributed by atoms with E-state index in [9.17, 15) is 0 Å². The minimum Gasteiger partial charge on any atom is -0.494 e.